The van der Waals surface area contributed by atoms with Crippen LogP contribution in [0.2, 0.25) is 0 Å². The summed E-state index contributed by atoms with van der Waals surface area (Å²) in [4.78, 5) is 0. The zero-order valence-corrected chi connectivity index (χ0v) is 14.8. The van der Waals surface area contributed by atoms with Crippen LogP contribution >= 0.6 is 0 Å². The van der Waals surface area contributed by atoms with Gasteiger partial charge in [0.2, 0.25) is 0 Å². The Morgan fingerprint density at radius 3 is 1.85 bits per heavy atom. The summed E-state index contributed by atoms with van der Waals surface area (Å²) in [6.45, 7) is 2.83. The predicted octanol–water partition coefficient (Wildman–Crippen LogP) is 3.30. The molecule has 2 saturated heterocycles. The van der Waals surface area contributed by atoms with E-state index < -0.39 is 0 Å². The normalized spacial score (nSPS) is 20.3. The van der Waals surface area contributed by atoms with Crippen LogP contribution in [-0.4, -0.2) is 48.8 Å². The van der Waals surface area contributed by atoms with Gasteiger partial charge in [-0.2, -0.15) is 5.10 Å². The maximum absolute atomic E-state index is 5.67. The minimum atomic E-state index is 0.261. The number of hydrogen-bond donors (Lipinski definition) is 1. The van der Waals surface area contributed by atoms with Crippen molar-refractivity contribution in [3.63, 3.8) is 0 Å². The van der Waals surface area contributed by atoms with E-state index in [0.717, 1.165) is 47.2 Å². The third kappa shape index (κ3) is 4.13. The van der Waals surface area contributed by atoms with Gasteiger partial charge in [-0.15, -0.1) is 0 Å². The van der Waals surface area contributed by atoms with E-state index in [1.54, 1.807) is 0 Å². The number of aromatic nitrogens is 2. The van der Waals surface area contributed by atoms with Gasteiger partial charge in [0.1, 0.15) is 36.9 Å². The van der Waals surface area contributed by atoms with E-state index in [-0.39, 0.29) is 12.2 Å². The molecule has 1 aromatic heterocycles. The summed E-state index contributed by atoms with van der Waals surface area (Å²) in [7, 11) is 0. The Hall–Kier alpha value is -2.83. The molecule has 2 unspecified atom stereocenters. The lowest BCUT2D eigenvalue weighted by Crippen LogP contribution is -2.03. The van der Waals surface area contributed by atoms with Crippen molar-refractivity contribution < 1.29 is 18.9 Å². The van der Waals surface area contributed by atoms with Crippen LogP contribution in [0, 0.1) is 0 Å². The number of nitrogens with one attached hydrogen (secondary N) is 1. The van der Waals surface area contributed by atoms with Crippen LogP contribution in [0.25, 0.3) is 22.5 Å². The summed E-state index contributed by atoms with van der Waals surface area (Å²) in [5.41, 5.74) is 3.96. The van der Waals surface area contributed by atoms with Crippen molar-refractivity contribution in [2.24, 2.45) is 0 Å². The van der Waals surface area contributed by atoms with E-state index in [1.165, 1.54) is 0 Å². The maximum atomic E-state index is 5.67. The third-order valence-corrected chi connectivity index (χ3v) is 4.57. The SMILES string of the molecule is c1cc(-c2cc(-c3ccc(OCC4CO4)cc3)[nH]n2)ccc1OCC1CO1. The molecule has 0 saturated carbocycles. The number of H-pyrrole nitrogens is 1. The van der Waals surface area contributed by atoms with Gasteiger partial charge in [0.25, 0.3) is 0 Å². The van der Waals surface area contributed by atoms with Gasteiger partial charge in [0.15, 0.2) is 0 Å². The molecule has 2 atom stereocenters. The van der Waals surface area contributed by atoms with Crippen LogP contribution < -0.4 is 9.47 Å². The molecule has 2 aromatic carbocycles. The largest absolute Gasteiger partial charge is 0.491 e. The fraction of sp³-hybridized carbons (Fsp3) is 0.286. The molecular formula is C21H20N2O4. The second-order valence-electron chi connectivity index (χ2n) is 6.75. The molecule has 0 amide bonds. The van der Waals surface area contributed by atoms with Gasteiger partial charge in [-0.25, -0.2) is 0 Å². The Morgan fingerprint density at radius 2 is 1.33 bits per heavy atom. The Morgan fingerprint density at radius 1 is 0.815 bits per heavy atom. The number of nitrogens with zero attached hydrogens (tertiary/aromatic N) is 1. The van der Waals surface area contributed by atoms with E-state index in [0.29, 0.717) is 13.2 Å². The van der Waals surface area contributed by atoms with Crippen LogP contribution in [0.3, 0.4) is 0 Å². The van der Waals surface area contributed by atoms with Crippen LogP contribution in [0.1, 0.15) is 0 Å². The molecule has 2 aliphatic rings. The van der Waals surface area contributed by atoms with E-state index in [1.807, 2.05) is 54.6 Å². The number of ether oxygens (including phenoxy) is 4. The van der Waals surface area contributed by atoms with Gasteiger partial charge >= 0.3 is 0 Å². The van der Waals surface area contributed by atoms with Crippen LogP contribution in [0.5, 0.6) is 11.5 Å². The Balaban J connectivity index is 1.24. The van der Waals surface area contributed by atoms with E-state index in [9.17, 15) is 0 Å². The van der Waals surface area contributed by atoms with Crippen molar-refractivity contribution in [2.75, 3.05) is 26.4 Å². The molecule has 3 aromatic rings. The first kappa shape index (κ1) is 16.4. The highest BCUT2D eigenvalue weighted by Crippen LogP contribution is 2.27. The first-order chi connectivity index (χ1) is 13.3. The quantitative estimate of drug-likeness (QED) is 0.621. The molecule has 0 radical (unpaired) electrons. The predicted molar refractivity (Wildman–Crippen MR) is 99.9 cm³/mol. The number of hydrogen-bond acceptors (Lipinski definition) is 5. The lowest BCUT2D eigenvalue weighted by atomic mass is 10.1. The average molecular weight is 364 g/mol. The standard InChI is InChI=1S/C21H20N2O4/c1-5-16(24-10-18-12-26-18)6-2-14(1)20-9-21(23-22-20)15-3-7-17(8-4-15)25-11-19-13-27-19/h1-9,18-19H,10-13H2,(H,22,23). The lowest BCUT2D eigenvalue weighted by Gasteiger charge is -2.05. The highest BCUT2D eigenvalue weighted by Gasteiger charge is 2.23. The van der Waals surface area contributed by atoms with Crippen molar-refractivity contribution in [1.82, 2.24) is 10.2 Å². The van der Waals surface area contributed by atoms with Gasteiger partial charge in [-0.05, 0) is 60.2 Å². The molecule has 1 N–H and O–H groups in total. The van der Waals surface area contributed by atoms with Gasteiger partial charge in [-0.3, -0.25) is 5.10 Å². The van der Waals surface area contributed by atoms with Gasteiger partial charge in [-0.1, -0.05) is 0 Å². The topological polar surface area (TPSA) is 72.2 Å². The van der Waals surface area contributed by atoms with Gasteiger partial charge < -0.3 is 18.9 Å². The molecule has 2 aliphatic heterocycles. The third-order valence-electron chi connectivity index (χ3n) is 4.57. The fourth-order valence-corrected chi connectivity index (χ4v) is 2.78. The number of rotatable bonds is 8. The van der Waals surface area contributed by atoms with E-state index in [2.05, 4.69) is 10.2 Å². The van der Waals surface area contributed by atoms with Gasteiger partial charge in [0.05, 0.1) is 24.6 Å². The summed E-state index contributed by atoms with van der Waals surface area (Å²) >= 11 is 0. The van der Waals surface area contributed by atoms with Crippen molar-refractivity contribution in [2.45, 2.75) is 12.2 Å². The maximum Gasteiger partial charge on any atom is 0.119 e. The van der Waals surface area contributed by atoms with Gasteiger partial charge in [0, 0.05) is 5.56 Å². The Kier molecular flexibility index (Phi) is 4.27. The summed E-state index contributed by atoms with van der Waals surface area (Å²) in [6, 6.07) is 18.0. The van der Waals surface area contributed by atoms with Crippen LogP contribution in [0.15, 0.2) is 54.6 Å². The second kappa shape index (κ2) is 7.06. The molecule has 6 heteroatoms. The summed E-state index contributed by atoms with van der Waals surface area (Å²) in [5, 5.41) is 7.54. The lowest BCUT2D eigenvalue weighted by molar-refractivity contribution is 0.263. The molecule has 6 nitrogen and oxygen atoms in total. The number of benzene rings is 2. The molecule has 5 rings (SSSR count). The van der Waals surface area contributed by atoms with Crippen LogP contribution in [0.4, 0.5) is 0 Å². The van der Waals surface area contributed by atoms with Crippen molar-refractivity contribution >= 4 is 0 Å². The van der Waals surface area contributed by atoms with E-state index >= 15 is 0 Å². The minimum absolute atomic E-state index is 0.261. The minimum Gasteiger partial charge on any atom is -0.491 e. The average Bonchev–Trinajstić information content (AvgIpc) is 3.65. The summed E-state index contributed by atoms with van der Waals surface area (Å²) in [6.07, 6.45) is 0.524. The molecule has 0 bridgehead atoms. The molecule has 3 heterocycles. The molecule has 138 valence electrons. The van der Waals surface area contributed by atoms with Crippen molar-refractivity contribution in [1.29, 1.82) is 0 Å². The monoisotopic (exact) mass is 364 g/mol. The van der Waals surface area contributed by atoms with Crippen LogP contribution in [-0.2, 0) is 9.47 Å². The molecule has 27 heavy (non-hydrogen) atoms. The summed E-state index contributed by atoms with van der Waals surface area (Å²) in [5.74, 6) is 1.69. The summed E-state index contributed by atoms with van der Waals surface area (Å²) < 4.78 is 21.6. The van der Waals surface area contributed by atoms with E-state index in [4.69, 9.17) is 18.9 Å². The molecule has 0 aliphatic carbocycles. The number of aromatic amines is 1. The van der Waals surface area contributed by atoms with Crippen molar-refractivity contribution in [3.8, 4) is 34.0 Å². The smallest absolute Gasteiger partial charge is 0.119 e. The first-order valence-electron chi connectivity index (χ1n) is 9.08. The fourth-order valence-electron chi connectivity index (χ4n) is 2.78. The molecule has 0 spiro atoms. The zero-order valence-electron chi connectivity index (χ0n) is 14.8. The molecular weight excluding hydrogens is 344 g/mol. The first-order valence-corrected chi connectivity index (χ1v) is 9.08. The Bertz CT molecular complexity index is 823. The molecule has 2 fully saturated rings. The van der Waals surface area contributed by atoms with Crippen molar-refractivity contribution in [3.05, 3.63) is 54.6 Å². The highest BCUT2D eigenvalue weighted by molar-refractivity contribution is 5.68. The Labute approximate surface area is 157 Å². The number of epoxide rings is 2. The second-order valence-corrected chi connectivity index (χ2v) is 6.75. The highest BCUT2D eigenvalue weighted by atomic mass is 16.6. The zero-order chi connectivity index (χ0) is 18.1.